The van der Waals surface area contributed by atoms with Gasteiger partial charge < -0.3 is 14.9 Å². The Bertz CT molecular complexity index is 594. The second-order valence-electron chi connectivity index (χ2n) is 7.49. The molecule has 1 aromatic carbocycles. The van der Waals surface area contributed by atoms with Crippen molar-refractivity contribution in [1.29, 1.82) is 0 Å². The van der Waals surface area contributed by atoms with Crippen LogP contribution in [0.25, 0.3) is 0 Å². The molecule has 3 aliphatic rings. The van der Waals surface area contributed by atoms with E-state index in [1.54, 1.807) is 12.1 Å². The highest BCUT2D eigenvalue weighted by molar-refractivity contribution is 5.80. The zero-order valence-corrected chi connectivity index (χ0v) is 13.9. The Hall–Kier alpha value is -1.46. The van der Waals surface area contributed by atoms with Gasteiger partial charge in [0.25, 0.3) is 0 Å². The maximum absolute atomic E-state index is 13.2. The third kappa shape index (κ3) is 3.20. The van der Waals surface area contributed by atoms with E-state index in [0.717, 1.165) is 37.5 Å². The fourth-order valence-electron chi connectivity index (χ4n) is 4.24. The summed E-state index contributed by atoms with van der Waals surface area (Å²) in [5.41, 5.74) is 0.914. The van der Waals surface area contributed by atoms with Gasteiger partial charge in [-0.2, -0.15) is 0 Å². The van der Waals surface area contributed by atoms with E-state index >= 15 is 0 Å². The molecular weight excluding hydrogens is 307 g/mol. The minimum absolute atomic E-state index is 0.0632. The number of rotatable bonds is 3. The number of carbonyl (C=O) groups excluding carboxylic acids is 1. The molecule has 0 radical (unpaired) electrons. The molecule has 0 aromatic heterocycles. The summed E-state index contributed by atoms with van der Waals surface area (Å²) in [6.45, 7) is 2.42. The Morgan fingerprint density at radius 2 is 1.75 bits per heavy atom. The van der Waals surface area contributed by atoms with E-state index in [1.165, 1.54) is 25.0 Å². The fraction of sp³-hybridized carbons (Fsp3) is 0.632. The zero-order valence-electron chi connectivity index (χ0n) is 13.9. The average molecular weight is 332 g/mol. The third-order valence-corrected chi connectivity index (χ3v) is 5.76. The molecule has 130 valence electrons. The van der Waals surface area contributed by atoms with Crippen molar-refractivity contribution in [3.8, 4) is 0 Å². The molecule has 2 atom stereocenters. The fourth-order valence-corrected chi connectivity index (χ4v) is 4.24. The summed E-state index contributed by atoms with van der Waals surface area (Å²) in [6.07, 6.45) is 4.50. The van der Waals surface area contributed by atoms with Crippen LogP contribution >= 0.6 is 0 Å². The minimum atomic E-state index is -0.490. The van der Waals surface area contributed by atoms with Crippen LogP contribution in [0.15, 0.2) is 24.3 Å². The molecule has 1 aromatic rings. The molecule has 0 unspecified atom stereocenters. The number of likely N-dealkylation sites (tertiary alicyclic amines) is 2. The molecule has 5 heteroatoms. The molecule has 2 saturated heterocycles. The van der Waals surface area contributed by atoms with Gasteiger partial charge in [0.15, 0.2) is 0 Å². The monoisotopic (exact) mass is 332 g/mol. The highest BCUT2D eigenvalue weighted by Crippen LogP contribution is 2.36. The number of halogens is 1. The lowest BCUT2D eigenvalue weighted by molar-refractivity contribution is -0.138. The van der Waals surface area contributed by atoms with Crippen LogP contribution < -0.4 is 0 Å². The molecule has 0 spiro atoms. The van der Waals surface area contributed by atoms with Gasteiger partial charge in [-0.15, -0.1) is 0 Å². The van der Waals surface area contributed by atoms with Gasteiger partial charge in [0, 0.05) is 18.5 Å². The highest BCUT2D eigenvalue weighted by atomic mass is 19.1. The molecular formula is C19H25FN2O2. The van der Waals surface area contributed by atoms with Crippen molar-refractivity contribution in [2.75, 3.05) is 19.6 Å². The van der Waals surface area contributed by atoms with Crippen molar-refractivity contribution in [3.63, 3.8) is 0 Å². The second kappa shape index (κ2) is 6.45. The van der Waals surface area contributed by atoms with Crippen LogP contribution in [0, 0.1) is 11.7 Å². The topological polar surface area (TPSA) is 43.8 Å². The lowest BCUT2D eigenvalue weighted by Crippen LogP contribution is -2.43. The van der Waals surface area contributed by atoms with Crippen LogP contribution in [0.2, 0.25) is 0 Å². The SMILES string of the molecule is O=C(C1CCN(C2CC2)CC1)N1C[C@@H](O)C[C@@H]1c1ccc(F)cc1. The predicted octanol–water partition coefficient (Wildman–Crippen LogP) is 2.33. The average Bonchev–Trinajstić information content (AvgIpc) is 3.37. The molecule has 1 N–H and O–H groups in total. The number of hydrogen-bond donors (Lipinski definition) is 1. The molecule has 1 aliphatic carbocycles. The van der Waals surface area contributed by atoms with Gasteiger partial charge in [-0.05, 0) is 62.9 Å². The van der Waals surface area contributed by atoms with Crippen LogP contribution in [-0.2, 0) is 4.79 Å². The van der Waals surface area contributed by atoms with E-state index in [0.29, 0.717) is 13.0 Å². The highest BCUT2D eigenvalue weighted by Gasteiger charge is 2.40. The summed E-state index contributed by atoms with van der Waals surface area (Å²) < 4.78 is 13.2. The van der Waals surface area contributed by atoms with E-state index < -0.39 is 6.10 Å². The number of β-amino-alcohol motifs (C(OH)–C–C–N with tert-alkyl or cyclic N) is 1. The minimum Gasteiger partial charge on any atom is -0.391 e. The van der Waals surface area contributed by atoms with Crippen molar-refractivity contribution in [2.24, 2.45) is 5.92 Å². The number of hydrogen-bond acceptors (Lipinski definition) is 3. The molecule has 4 rings (SSSR count). The van der Waals surface area contributed by atoms with Crippen molar-refractivity contribution >= 4 is 5.91 Å². The predicted molar refractivity (Wildman–Crippen MR) is 88.8 cm³/mol. The van der Waals surface area contributed by atoms with Gasteiger partial charge in [0.1, 0.15) is 5.82 Å². The third-order valence-electron chi connectivity index (χ3n) is 5.76. The number of aliphatic hydroxyl groups excluding tert-OH is 1. The maximum Gasteiger partial charge on any atom is 0.226 e. The summed E-state index contributed by atoms with van der Waals surface area (Å²) in [5.74, 6) is -0.0489. The van der Waals surface area contributed by atoms with E-state index in [9.17, 15) is 14.3 Å². The van der Waals surface area contributed by atoms with Crippen LogP contribution in [-0.4, -0.2) is 52.6 Å². The van der Waals surface area contributed by atoms with Crippen LogP contribution in [0.3, 0.4) is 0 Å². The van der Waals surface area contributed by atoms with Crippen LogP contribution in [0.1, 0.15) is 43.7 Å². The Morgan fingerprint density at radius 3 is 2.38 bits per heavy atom. The quantitative estimate of drug-likeness (QED) is 0.924. The number of carbonyl (C=O) groups is 1. The first kappa shape index (κ1) is 16.0. The Balaban J connectivity index is 1.44. The molecule has 0 bridgehead atoms. The molecule has 2 heterocycles. The van der Waals surface area contributed by atoms with Gasteiger partial charge in [-0.25, -0.2) is 4.39 Å². The number of benzene rings is 1. The van der Waals surface area contributed by atoms with Crippen molar-refractivity contribution < 1.29 is 14.3 Å². The lowest BCUT2D eigenvalue weighted by atomic mass is 9.94. The summed E-state index contributed by atoms with van der Waals surface area (Å²) in [5, 5.41) is 10.1. The maximum atomic E-state index is 13.2. The van der Waals surface area contributed by atoms with Crippen molar-refractivity contribution in [2.45, 2.75) is 50.3 Å². The first-order chi connectivity index (χ1) is 11.6. The Morgan fingerprint density at radius 1 is 1.08 bits per heavy atom. The standard InChI is InChI=1S/C19H25FN2O2/c20-15-3-1-13(2-4-15)18-11-17(23)12-22(18)19(24)14-7-9-21(10-8-14)16-5-6-16/h1-4,14,16-18,23H,5-12H2/t17-,18+/m0/s1. The number of piperidine rings is 1. The smallest absolute Gasteiger partial charge is 0.226 e. The molecule has 24 heavy (non-hydrogen) atoms. The summed E-state index contributed by atoms with van der Waals surface area (Å²) in [6, 6.07) is 6.95. The van der Waals surface area contributed by atoms with Gasteiger partial charge in [0.05, 0.1) is 12.1 Å². The summed E-state index contributed by atoms with van der Waals surface area (Å²) in [7, 11) is 0. The summed E-state index contributed by atoms with van der Waals surface area (Å²) >= 11 is 0. The normalized spacial score (nSPS) is 29.2. The van der Waals surface area contributed by atoms with Crippen LogP contribution in [0.5, 0.6) is 0 Å². The number of aliphatic hydroxyl groups is 1. The van der Waals surface area contributed by atoms with E-state index in [4.69, 9.17) is 0 Å². The van der Waals surface area contributed by atoms with Gasteiger partial charge >= 0.3 is 0 Å². The second-order valence-corrected chi connectivity index (χ2v) is 7.49. The van der Waals surface area contributed by atoms with Gasteiger partial charge in [-0.3, -0.25) is 4.79 Å². The molecule has 4 nitrogen and oxygen atoms in total. The molecule has 1 amide bonds. The number of nitrogens with zero attached hydrogens (tertiary/aromatic N) is 2. The van der Waals surface area contributed by atoms with E-state index in [-0.39, 0.29) is 23.7 Å². The lowest BCUT2D eigenvalue weighted by Gasteiger charge is -2.35. The Labute approximate surface area is 142 Å². The van der Waals surface area contributed by atoms with Gasteiger partial charge in [-0.1, -0.05) is 12.1 Å². The molecule has 2 aliphatic heterocycles. The first-order valence-electron chi connectivity index (χ1n) is 9.10. The first-order valence-corrected chi connectivity index (χ1v) is 9.10. The van der Waals surface area contributed by atoms with Crippen molar-refractivity contribution in [3.05, 3.63) is 35.6 Å². The van der Waals surface area contributed by atoms with Gasteiger partial charge in [0.2, 0.25) is 5.91 Å². The Kier molecular flexibility index (Phi) is 4.31. The van der Waals surface area contributed by atoms with Crippen molar-refractivity contribution in [1.82, 2.24) is 9.80 Å². The van der Waals surface area contributed by atoms with E-state index in [2.05, 4.69) is 4.90 Å². The molecule has 3 fully saturated rings. The largest absolute Gasteiger partial charge is 0.391 e. The van der Waals surface area contributed by atoms with E-state index in [1.807, 2.05) is 4.90 Å². The van der Waals surface area contributed by atoms with Crippen LogP contribution in [0.4, 0.5) is 4.39 Å². The molecule has 1 saturated carbocycles. The number of amides is 1. The summed E-state index contributed by atoms with van der Waals surface area (Å²) in [4.78, 5) is 17.4. The zero-order chi connectivity index (χ0) is 16.7.